The number of hydrogen-bond donors (Lipinski definition) is 4. The van der Waals surface area contributed by atoms with Gasteiger partial charge in [-0.05, 0) is 55.7 Å². The Hall–Kier alpha value is -3.62. The number of amides is 3. The largest absolute Gasteiger partial charge is 0.508 e. The Morgan fingerprint density at radius 3 is 2.66 bits per heavy atom. The number of amidine groups is 1. The van der Waals surface area contributed by atoms with Crippen LogP contribution in [0.4, 0.5) is 4.79 Å². The summed E-state index contributed by atoms with van der Waals surface area (Å²) in [5.41, 5.74) is 1.28. The van der Waals surface area contributed by atoms with Crippen molar-refractivity contribution in [2.75, 3.05) is 0 Å². The standard InChI is InChI=1S/C20H20N6O3/c1-20(9-15-17(28)25-19(29)24-15)10-21-26-16(22-12-4-5-12)8-14(23-18(20)26)11-2-6-13(27)7-3-11/h2-3,6-10,12,18,23,27H,4-5H2,1H3,(H2,24,25,28,29)/b15-9-,22-16?. The number of hydrogen-bond acceptors (Lipinski definition) is 6. The normalized spacial score (nSPS) is 30.9. The molecule has 3 aliphatic heterocycles. The number of nitrogens with one attached hydrogen (secondary N) is 3. The Morgan fingerprint density at radius 2 is 2.00 bits per heavy atom. The Bertz CT molecular complexity index is 1020. The van der Waals surface area contributed by atoms with Gasteiger partial charge in [-0.2, -0.15) is 5.10 Å². The van der Waals surface area contributed by atoms with E-state index in [0.717, 1.165) is 29.9 Å². The molecule has 1 aliphatic carbocycles. The molecule has 5 rings (SSSR count). The van der Waals surface area contributed by atoms with Crippen molar-refractivity contribution in [3.8, 4) is 5.75 Å². The molecule has 2 fully saturated rings. The molecule has 1 aromatic rings. The van der Waals surface area contributed by atoms with Crippen LogP contribution in [0.1, 0.15) is 25.3 Å². The predicted octanol–water partition coefficient (Wildman–Crippen LogP) is 1.25. The summed E-state index contributed by atoms with van der Waals surface area (Å²) in [5, 5.41) is 24.2. The van der Waals surface area contributed by atoms with E-state index in [-0.39, 0.29) is 17.6 Å². The highest BCUT2D eigenvalue weighted by Gasteiger charge is 2.46. The monoisotopic (exact) mass is 392 g/mol. The molecule has 0 bridgehead atoms. The van der Waals surface area contributed by atoms with Gasteiger partial charge in [0.1, 0.15) is 23.4 Å². The van der Waals surface area contributed by atoms with Crippen LogP contribution in [0, 0.1) is 5.41 Å². The van der Waals surface area contributed by atoms with E-state index in [9.17, 15) is 14.7 Å². The second-order valence-corrected chi connectivity index (χ2v) is 7.79. The van der Waals surface area contributed by atoms with Crippen LogP contribution in [-0.4, -0.2) is 46.3 Å². The van der Waals surface area contributed by atoms with Crippen LogP contribution in [0.15, 0.2) is 52.2 Å². The Morgan fingerprint density at radius 1 is 1.24 bits per heavy atom. The zero-order valence-corrected chi connectivity index (χ0v) is 15.7. The van der Waals surface area contributed by atoms with Crippen molar-refractivity contribution in [2.45, 2.75) is 32.0 Å². The van der Waals surface area contributed by atoms with Crippen LogP contribution in [-0.2, 0) is 4.79 Å². The van der Waals surface area contributed by atoms with Gasteiger partial charge in [-0.15, -0.1) is 0 Å². The number of nitrogens with zero attached hydrogens (tertiary/aromatic N) is 3. The average Bonchev–Trinajstić information content (AvgIpc) is 3.36. The fourth-order valence-electron chi connectivity index (χ4n) is 3.58. The molecule has 29 heavy (non-hydrogen) atoms. The number of phenolic OH excluding ortho intramolecular Hbond substituents is 1. The first-order chi connectivity index (χ1) is 13.9. The molecule has 3 amide bonds. The maximum absolute atomic E-state index is 12.0. The maximum Gasteiger partial charge on any atom is 0.326 e. The SMILES string of the molecule is CC1(/C=C2\NC(=O)NC2=O)C=NN2C(=NC3CC3)C=C(c3ccc(O)cc3)NC21. The van der Waals surface area contributed by atoms with E-state index < -0.39 is 17.4 Å². The first-order valence-electron chi connectivity index (χ1n) is 9.46. The van der Waals surface area contributed by atoms with E-state index in [1.165, 1.54) is 0 Å². The van der Waals surface area contributed by atoms with Gasteiger partial charge in [-0.3, -0.25) is 15.1 Å². The number of aliphatic imine (C=N–C) groups is 1. The molecule has 148 valence electrons. The molecule has 0 radical (unpaired) electrons. The van der Waals surface area contributed by atoms with E-state index in [1.54, 1.807) is 24.4 Å². The van der Waals surface area contributed by atoms with Crippen molar-refractivity contribution < 1.29 is 14.7 Å². The molecule has 1 aromatic carbocycles. The molecule has 1 saturated heterocycles. The van der Waals surface area contributed by atoms with Gasteiger partial charge in [0.25, 0.3) is 5.91 Å². The molecule has 1 saturated carbocycles. The minimum absolute atomic E-state index is 0.195. The van der Waals surface area contributed by atoms with Gasteiger partial charge in [-0.1, -0.05) is 0 Å². The topological polar surface area (TPSA) is 118 Å². The van der Waals surface area contributed by atoms with Crippen molar-refractivity contribution in [3.05, 3.63) is 47.7 Å². The van der Waals surface area contributed by atoms with Crippen molar-refractivity contribution in [1.29, 1.82) is 0 Å². The summed E-state index contributed by atoms with van der Waals surface area (Å²) in [6.45, 7) is 1.94. The molecule has 2 unspecified atom stereocenters. The van der Waals surface area contributed by atoms with Crippen LogP contribution >= 0.6 is 0 Å². The van der Waals surface area contributed by atoms with E-state index >= 15 is 0 Å². The summed E-state index contributed by atoms with van der Waals surface area (Å²) in [7, 11) is 0. The van der Waals surface area contributed by atoms with Gasteiger partial charge in [-0.25, -0.2) is 9.80 Å². The van der Waals surface area contributed by atoms with Crippen LogP contribution < -0.4 is 16.0 Å². The van der Waals surface area contributed by atoms with Crippen LogP contribution in [0.5, 0.6) is 5.75 Å². The summed E-state index contributed by atoms with van der Waals surface area (Å²) in [5.74, 6) is 0.484. The zero-order valence-electron chi connectivity index (χ0n) is 15.7. The van der Waals surface area contributed by atoms with Gasteiger partial charge in [0.15, 0.2) is 0 Å². The molecule has 4 aliphatic rings. The molecule has 0 aromatic heterocycles. The van der Waals surface area contributed by atoms with Gasteiger partial charge >= 0.3 is 6.03 Å². The lowest BCUT2D eigenvalue weighted by atomic mass is 9.86. The number of phenols is 1. The van der Waals surface area contributed by atoms with Crippen molar-refractivity contribution in [3.63, 3.8) is 0 Å². The average molecular weight is 392 g/mol. The molecular formula is C20H20N6O3. The predicted molar refractivity (Wildman–Crippen MR) is 107 cm³/mol. The minimum Gasteiger partial charge on any atom is -0.508 e. The van der Waals surface area contributed by atoms with E-state index in [1.807, 2.05) is 30.1 Å². The zero-order chi connectivity index (χ0) is 20.2. The quantitative estimate of drug-likeness (QED) is 0.456. The van der Waals surface area contributed by atoms with Crippen molar-refractivity contribution in [1.82, 2.24) is 21.0 Å². The van der Waals surface area contributed by atoms with E-state index in [4.69, 9.17) is 4.99 Å². The van der Waals surface area contributed by atoms with Crippen LogP contribution in [0.25, 0.3) is 5.70 Å². The summed E-state index contributed by atoms with van der Waals surface area (Å²) in [6.07, 6.45) is 7.21. The minimum atomic E-state index is -0.676. The molecule has 3 heterocycles. The fourth-order valence-corrected chi connectivity index (χ4v) is 3.58. The number of imide groups is 1. The molecule has 9 nitrogen and oxygen atoms in total. The Labute approximate surface area is 166 Å². The number of carbonyl (C=O) groups excluding carboxylic acids is 2. The lowest BCUT2D eigenvalue weighted by Gasteiger charge is -2.38. The number of hydrazone groups is 1. The number of carbonyl (C=O) groups is 2. The second kappa shape index (κ2) is 6.20. The van der Waals surface area contributed by atoms with Crippen LogP contribution in [0.2, 0.25) is 0 Å². The molecule has 9 heteroatoms. The van der Waals surface area contributed by atoms with Crippen molar-refractivity contribution >= 4 is 29.7 Å². The Balaban J connectivity index is 1.53. The highest BCUT2D eigenvalue weighted by atomic mass is 16.3. The van der Waals surface area contributed by atoms with Crippen LogP contribution in [0.3, 0.4) is 0 Å². The van der Waals surface area contributed by atoms with Gasteiger partial charge in [0, 0.05) is 18.0 Å². The molecule has 4 N–H and O–H groups in total. The summed E-state index contributed by atoms with van der Waals surface area (Å²) in [6, 6.07) is 6.69. The van der Waals surface area contributed by atoms with Crippen molar-refractivity contribution in [2.24, 2.45) is 15.5 Å². The number of aromatic hydroxyl groups is 1. The first kappa shape index (κ1) is 17.5. The first-order valence-corrected chi connectivity index (χ1v) is 9.46. The molecule has 0 spiro atoms. The summed E-state index contributed by atoms with van der Waals surface area (Å²) >= 11 is 0. The smallest absolute Gasteiger partial charge is 0.326 e. The third-order valence-electron chi connectivity index (χ3n) is 5.31. The lowest BCUT2D eigenvalue weighted by Crippen LogP contribution is -2.53. The lowest BCUT2D eigenvalue weighted by molar-refractivity contribution is -0.115. The summed E-state index contributed by atoms with van der Waals surface area (Å²) in [4.78, 5) is 28.3. The van der Waals surface area contributed by atoms with E-state index in [2.05, 4.69) is 21.1 Å². The highest BCUT2D eigenvalue weighted by Crippen LogP contribution is 2.37. The summed E-state index contributed by atoms with van der Waals surface area (Å²) < 4.78 is 0. The number of fused-ring (bicyclic) bond motifs is 1. The third-order valence-corrected chi connectivity index (χ3v) is 5.31. The van der Waals surface area contributed by atoms with Gasteiger partial charge < -0.3 is 15.7 Å². The molecule has 2 atom stereocenters. The number of rotatable bonds is 3. The Kier molecular flexibility index (Phi) is 3.73. The van der Waals surface area contributed by atoms with Gasteiger partial charge in [0.05, 0.1) is 11.5 Å². The number of benzene rings is 1. The second-order valence-electron chi connectivity index (χ2n) is 7.79. The third kappa shape index (κ3) is 3.14. The fraction of sp³-hybridized carbons (Fsp3) is 0.300. The maximum atomic E-state index is 12.0. The van der Waals surface area contributed by atoms with Gasteiger partial charge in [0.2, 0.25) is 0 Å². The number of urea groups is 1. The van der Waals surface area contributed by atoms with E-state index in [0.29, 0.717) is 6.04 Å². The highest BCUT2D eigenvalue weighted by molar-refractivity contribution is 6.12. The molecular weight excluding hydrogens is 372 g/mol.